The quantitative estimate of drug-likeness (QED) is 0.507. The Labute approximate surface area is 150 Å². The number of benzene rings is 2. The van der Waals surface area contributed by atoms with E-state index in [0.29, 0.717) is 9.58 Å². The standard InChI is InChI=1S/C22H16F2N2/c23-25-13-11-19(17-7-3-1-4-8-17)15-21(25)22-16-20(12-14-26(22)24)18-9-5-2-6-10-18/h1-16H/q+2. The van der Waals surface area contributed by atoms with E-state index in [1.54, 1.807) is 24.3 Å². The van der Waals surface area contributed by atoms with Crippen LogP contribution in [0.5, 0.6) is 0 Å². The van der Waals surface area contributed by atoms with Gasteiger partial charge in [0.05, 0.1) is 8.96 Å². The van der Waals surface area contributed by atoms with Crippen LogP contribution in [-0.4, -0.2) is 0 Å². The highest BCUT2D eigenvalue weighted by atomic mass is 19.2. The van der Waals surface area contributed by atoms with Crippen LogP contribution in [0.2, 0.25) is 0 Å². The van der Waals surface area contributed by atoms with Gasteiger partial charge in [0.15, 0.2) is 0 Å². The molecule has 0 radical (unpaired) electrons. The number of rotatable bonds is 3. The summed E-state index contributed by atoms with van der Waals surface area (Å²) in [5.41, 5.74) is 3.82. The lowest BCUT2D eigenvalue weighted by Crippen LogP contribution is -2.33. The van der Waals surface area contributed by atoms with E-state index in [9.17, 15) is 8.96 Å². The molecule has 2 aromatic heterocycles. The van der Waals surface area contributed by atoms with Gasteiger partial charge >= 0.3 is 11.4 Å². The number of hydrogen-bond acceptors (Lipinski definition) is 0. The average Bonchev–Trinajstić information content (AvgIpc) is 2.70. The minimum absolute atomic E-state index is 0.145. The molecule has 0 atom stereocenters. The molecule has 0 saturated heterocycles. The zero-order valence-corrected chi connectivity index (χ0v) is 13.9. The number of halogens is 2. The van der Waals surface area contributed by atoms with Gasteiger partial charge in [0.2, 0.25) is 12.4 Å². The molecule has 2 aromatic carbocycles. The zero-order chi connectivity index (χ0) is 17.9. The first-order valence-electron chi connectivity index (χ1n) is 8.27. The zero-order valence-electron chi connectivity index (χ0n) is 13.9. The van der Waals surface area contributed by atoms with Crippen molar-refractivity contribution >= 4 is 0 Å². The number of pyridine rings is 2. The van der Waals surface area contributed by atoms with Crippen LogP contribution in [0.25, 0.3) is 33.6 Å². The van der Waals surface area contributed by atoms with Crippen molar-refractivity contribution in [1.29, 1.82) is 0 Å². The van der Waals surface area contributed by atoms with Gasteiger partial charge in [-0.05, 0) is 22.3 Å². The smallest absolute Gasteiger partial charge is 0.0622 e. The maximum atomic E-state index is 14.4. The summed E-state index contributed by atoms with van der Waals surface area (Å²) in [5, 5.41) is 0. The minimum atomic E-state index is 0.145. The van der Waals surface area contributed by atoms with Crippen molar-refractivity contribution in [2.75, 3.05) is 0 Å². The van der Waals surface area contributed by atoms with E-state index in [1.165, 1.54) is 12.4 Å². The molecule has 4 heteroatoms. The summed E-state index contributed by atoms with van der Waals surface area (Å²) in [6.45, 7) is 0. The molecule has 2 nitrogen and oxygen atoms in total. The first-order chi connectivity index (χ1) is 12.7. The average molecular weight is 346 g/mol. The molecular weight excluding hydrogens is 330 g/mol. The van der Waals surface area contributed by atoms with Gasteiger partial charge in [0.1, 0.15) is 0 Å². The van der Waals surface area contributed by atoms with E-state index in [4.69, 9.17) is 0 Å². The molecule has 0 saturated carbocycles. The summed E-state index contributed by atoms with van der Waals surface area (Å²) < 4.78 is 28.8. The Bertz CT molecular complexity index is 961. The highest BCUT2D eigenvalue weighted by molar-refractivity contribution is 5.70. The van der Waals surface area contributed by atoms with Gasteiger partial charge in [-0.1, -0.05) is 60.7 Å². The van der Waals surface area contributed by atoms with Gasteiger partial charge in [-0.3, -0.25) is 0 Å². The van der Waals surface area contributed by atoms with Crippen molar-refractivity contribution in [2.45, 2.75) is 0 Å². The molecule has 0 spiro atoms. The van der Waals surface area contributed by atoms with Crippen LogP contribution in [0.4, 0.5) is 8.96 Å². The van der Waals surface area contributed by atoms with E-state index in [0.717, 1.165) is 22.3 Å². The Kier molecular flexibility index (Phi) is 4.23. The number of hydrogen-bond donors (Lipinski definition) is 0. The molecule has 4 rings (SSSR count). The van der Waals surface area contributed by atoms with Crippen LogP contribution in [0.3, 0.4) is 0 Å². The van der Waals surface area contributed by atoms with E-state index < -0.39 is 0 Å². The predicted octanol–water partition coefficient (Wildman–Crippen LogP) is 4.73. The maximum Gasteiger partial charge on any atom is 0.328 e. The van der Waals surface area contributed by atoms with Crippen molar-refractivity contribution in [3.05, 3.63) is 97.3 Å². The Hall–Kier alpha value is -3.40. The summed E-state index contributed by atoms with van der Waals surface area (Å²) >= 11 is 0. The molecular formula is C22H16F2N2+2. The van der Waals surface area contributed by atoms with Crippen molar-refractivity contribution in [1.82, 2.24) is 0 Å². The van der Waals surface area contributed by atoms with Crippen molar-refractivity contribution in [3.8, 4) is 33.6 Å². The van der Waals surface area contributed by atoms with Crippen LogP contribution in [-0.2, 0) is 0 Å². The van der Waals surface area contributed by atoms with Crippen molar-refractivity contribution in [3.63, 3.8) is 0 Å². The third-order valence-electron chi connectivity index (χ3n) is 4.29. The molecule has 0 amide bonds. The van der Waals surface area contributed by atoms with E-state index >= 15 is 0 Å². The summed E-state index contributed by atoms with van der Waals surface area (Å²) in [7, 11) is 0. The molecule has 0 aliphatic carbocycles. The Morgan fingerprint density at radius 1 is 0.462 bits per heavy atom. The number of aromatic nitrogens is 2. The third kappa shape index (κ3) is 3.09. The van der Waals surface area contributed by atoms with Gasteiger partial charge < -0.3 is 0 Å². The van der Waals surface area contributed by atoms with Crippen LogP contribution >= 0.6 is 0 Å². The summed E-state index contributed by atoms with van der Waals surface area (Å²) in [6, 6.07) is 25.9. The second kappa shape index (κ2) is 6.84. The van der Waals surface area contributed by atoms with Crippen molar-refractivity contribution in [2.24, 2.45) is 0 Å². The molecule has 0 aliphatic rings. The second-order valence-electron chi connectivity index (χ2n) is 5.96. The Morgan fingerprint density at radius 3 is 1.23 bits per heavy atom. The monoisotopic (exact) mass is 346 g/mol. The lowest BCUT2D eigenvalue weighted by atomic mass is 10.0. The lowest BCUT2D eigenvalue weighted by Gasteiger charge is -2.02. The summed E-state index contributed by atoms with van der Waals surface area (Å²) in [5.74, 6) is 0. The Balaban J connectivity index is 1.85. The van der Waals surface area contributed by atoms with Gasteiger partial charge in [0.25, 0.3) is 0 Å². The molecule has 0 bridgehead atoms. The molecule has 26 heavy (non-hydrogen) atoms. The highest BCUT2D eigenvalue weighted by Gasteiger charge is 2.27. The van der Waals surface area contributed by atoms with Crippen molar-refractivity contribution < 1.29 is 18.5 Å². The van der Waals surface area contributed by atoms with Gasteiger partial charge in [-0.25, -0.2) is 0 Å². The predicted molar refractivity (Wildman–Crippen MR) is 96.2 cm³/mol. The fourth-order valence-corrected chi connectivity index (χ4v) is 2.95. The highest BCUT2D eigenvalue weighted by Crippen LogP contribution is 2.25. The van der Waals surface area contributed by atoms with Crippen LogP contribution in [0.1, 0.15) is 0 Å². The van der Waals surface area contributed by atoms with Gasteiger partial charge in [-0.15, -0.1) is 0 Å². The van der Waals surface area contributed by atoms with Gasteiger partial charge in [-0.2, -0.15) is 0 Å². The second-order valence-corrected chi connectivity index (χ2v) is 5.96. The molecule has 0 aliphatic heterocycles. The first-order valence-corrected chi connectivity index (χ1v) is 8.27. The fraction of sp³-hybridized carbons (Fsp3) is 0. The third-order valence-corrected chi connectivity index (χ3v) is 4.29. The molecule has 126 valence electrons. The molecule has 0 fully saturated rings. The normalized spacial score (nSPS) is 10.7. The Morgan fingerprint density at radius 2 is 0.846 bits per heavy atom. The summed E-state index contributed by atoms with van der Waals surface area (Å²) in [4.78, 5) is 0.874. The van der Waals surface area contributed by atoms with Crippen LogP contribution in [0, 0.1) is 0 Å². The fourth-order valence-electron chi connectivity index (χ4n) is 2.95. The topological polar surface area (TPSA) is 7.76 Å². The molecule has 0 N–H and O–H groups in total. The maximum absolute atomic E-state index is 14.4. The molecule has 2 heterocycles. The largest absolute Gasteiger partial charge is 0.328 e. The van der Waals surface area contributed by atoms with Crippen LogP contribution in [0.15, 0.2) is 97.3 Å². The first kappa shape index (κ1) is 16.1. The summed E-state index contributed by atoms with van der Waals surface area (Å²) in [6.07, 6.45) is 2.60. The van der Waals surface area contributed by atoms with E-state index in [2.05, 4.69) is 0 Å². The number of nitrogens with zero attached hydrogens (tertiary/aromatic N) is 2. The minimum Gasteiger partial charge on any atom is -0.0622 e. The SMILES string of the molecule is F[n+]1ccc(-c2ccccc2)cc1-c1cc(-c2ccccc2)cc[n+]1F. The lowest BCUT2D eigenvalue weighted by molar-refractivity contribution is -0.859. The van der Waals surface area contributed by atoms with Gasteiger partial charge in [0, 0.05) is 33.8 Å². The van der Waals surface area contributed by atoms with E-state index in [-0.39, 0.29) is 11.4 Å². The molecule has 0 unspecified atom stereocenters. The van der Waals surface area contributed by atoms with Crippen LogP contribution < -0.4 is 9.58 Å². The van der Waals surface area contributed by atoms with E-state index in [1.807, 2.05) is 60.7 Å². The molecule has 4 aromatic rings.